The second kappa shape index (κ2) is 6.47. The maximum Gasteiger partial charge on any atom is 0.312 e. The predicted molar refractivity (Wildman–Crippen MR) is 75.0 cm³/mol. The van der Waals surface area contributed by atoms with Crippen LogP contribution >= 0.6 is 15.9 Å². The molecule has 1 rings (SSSR count). The standard InChI is InChI=1S/C12H13BrN2O5/c1-6(16)9-4-8(13)5-10(15(18)19)11(9)20-7(2)12(17)14-3/h4-5,7H,1-3H3,(H,14,17). The number of benzene rings is 1. The second-order valence-corrected chi connectivity index (χ2v) is 4.90. The van der Waals surface area contributed by atoms with Crippen molar-refractivity contribution in [3.63, 3.8) is 0 Å². The van der Waals surface area contributed by atoms with E-state index in [1.807, 2.05) is 0 Å². The van der Waals surface area contributed by atoms with E-state index < -0.39 is 22.7 Å². The zero-order chi connectivity index (χ0) is 15.4. The molecule has 8 heteroatoms. The van der Waals surface area contributed by atoms with Crippen LogP contribution in [-0.2, 0) is 4.79 Å². The molecule has 1 amide bonds. The van der Waals surface area contributed by atoms with Crippen molar-refractivity contribution in [1.82, 2.24) is 5.32 Å². The number of carbonyl (C=O) groups is 2. The van der Waals surface area contributed by atoms with Crippen LogP contribution in [0.5, 0.6) is 5.75 Å². The van der Waals surface area contributed by atoms with E-state index in [-0.39, 0.29) is 17.0 Å². The Labute approximate surface area is 123 Å². The molecule has 1 N–H and O–H groups in total. The fourth-order valence-corrected chi connectivity index (χ4v) is 1.98. The van der Waals surface area contributed by atoms with Crippen LogP contribution in [0.25, 0.3) is 0 Å². The smallest absolute Gasteiger partial charge is 0.312 e. The zero-order valence-corrected chi connectivity index (χ0v) is 12.7. The van der Waals surface area contributed by atoms with Crippen molar-refractivity contribution in [1.29, 1.82) is 0 Å². The van der Waals surface area contributed by atoms with Gasteiger partial charge in [0.05, 0.1) is 10.5 Å². The number of amides is 1. The molecular weight excluding hydrogens is 332 g/mol. The highest BCUT2D eigenvalue weighted by Gasteiger charge is 2.26. The van der Waals surface area contributed by atoms with Crippen LogP contribution in [0.3, 0.4) is 0 Å². The van der Waals surface area contributed by atoms with Gasteiger partial charge in [-0.25, -0.2) is 0 Å². The number of nitrogens with zero attached hydrogens (tertiary/aromatic N) is 1. The van der Waals surface area contributed by atoms with Crippen molar-refractivity contribution >= 4 is 33.3 Å². The molecule has 0 radical (unpaired) electrons. The summed E-state index contributed by atoms with van der Waals surface area (Å²) in [5, 5.41) is 13.4. The summed E-state index contributed by atoms with van der Waals surface area (Å²) in [6.07, 6.45) is -0.960. The molecule has 1 aromatic rings. The summed E-state index contributed by atoms with van der Waals surface area (Å²) in [5.41, 5.74) is -0.331. The summed E-state index contributed by atoms with van der Waals surface area (Å²) < 4.78 is 5.70. The van der Waals surface area contributed by atoms with E-state index in [0.29, 0.717) is 4.47 Å². The summed E-state index contributed by atoms with van der Waals surface area (Å²) >= 11 is 3.10. The average molecular weight is 345 g/mol. The number of carbonyl (C=O) groups excluding carboxylic acids is 2. The summed E-state index contributed by atoms with van der Waals surface area (Å²) in [6, 6.07) is 2.64. The number of nitro groups is 1. The molecule has 0 fully saturated rings. The average Bonchev–Trinajstić information content (AvgIpc) is 2.38. The van der Waals surface area contributed by atoms with Gasteiger partial charge in [0.1, 0.15) is 0 Å². The largest absolute Gasteiger partial charge is 0.473 e. The Bertz CT molecular complexity index is 538. The van der Waals surface area contributed by atoms with E-state index in [4.69, 9.17) is 4.74 Å². The van der Waals surface area contributed by atoms with Gasteiger partial charge in [-0.05, 0) is 19.9 Å². The van der Waals surface area contributed by atoms with Gasteiger partial charge in [0, 0.05) is 17.6 Å². The normalized spacial score (nSPS) is 11.6. The molecule has 0 aliphatic rings. The molecule has 1 aromatic carbocycles. The lowest BCUT2D eigenvalue weighted by atomic mass is 10.1. The van der Waals surface area contributed by atoms with Crippen LogP contribution in [0.1, 0.15) is 24.2 Å². The van der Waals surface area contributed by atoms with E-state index in [1.165, 1.54) is 33.0 Å². The fourth-order valence-electron chi connectivity index (χ4n) is 1.53. The monoisotopic (exact) mass is 344 g/mol. The van der Waals surface area contributed by atoms with Crippen molar-refractivity contribution in [2.45, 2.75) is 20.0 Å². The molecular formula is C12H13BrN2O5. The summed E-state index contributed by atoms with van der Waals surface area (Å²) in [4.78, 5) is 33.4. The predicted octanol–water partition coefficient (Wildman–Crippen LogP) is 2.07. The molecule has 0 bridgehead atoms. The Morgan fingerprint density at radius 3 is 2.50 bits per heavy atom. The first-order valence-electron chi connectivity index (χ1n) is 5.65. The third kappa shape index (κ3) is 3.53. The minimum absolute atomic E-state index is 0.0434. The number of Topliss-reactive ketones (excluding diaryl/α,β-unsaturated/α-hetero) is 1. The summed E-state index contributed by atoms with van der Waals surface area (Å²) in [5.74, 6) is -1.05. The summed E-state index contributed by atoms with van der Waals surface area (Å²) in [6.45, 7) is 2.71. The van der Waals surface area contributed by atoms with Gasteiger partial charge in [-0.1, -0.05) is 15.9 Å². The van der Waals surface area contributed by atoms with Crippen LogP contribution in [0.4, 0.5) is 5.69 Å². The quantitative estimate of drug-likeness (QED) is 0.500. The lowest BCUT2D eigenvalue weighted by molar-refractivity contribution is -0.386. The number of hydrogen-bond acceptors (Lipinski definition) is 5. The first kappa shape index (κ1) is 16.1. The number of likely N-dealkylation sites (N-methyl/N-ethyl adjacent to an activating group) is 1. The van der Waals surface area contributed by atoms with Gasteiger partial charge >= 0.3 is 5.69 Å². The van der Waals surface area contributed by atoms with Crippen LogP contribution in [0, 0.1) is 10.1 Å². The molecule has 1 unspecified atom stereocenters. The Morgan fingerprint density at radius 1 is 1.45 bits per heavy atom. The SMILES string of the molecule is CNC(=O)C(C)Oc1c(C(C)=O)cc(Br)cc1[N+](=O)[O-]. The van der Waals surface area contributed by atoms with Crippen molar-refractivity contribution < 1.29 is 19.2 Å². The molecule has 108 valence electrons. The van der Waals surface area contributed by atoms with Crippen LogP contribution in [0.2, 0.25) is 0 Å². The fraction of sp³-hybridized carbons (Fsp3) is 0.333. The first-order valence-corrected chi connectivity index (χ1v) is 6.44. The molecule has 0 heterocycles. The second-order valence-electron chi connectivity index (χ2n) is 3.99. The van der Waals surface area contributed by atoms with Gasteiger partial charge in [-0.2, -0.15) is 0 Å². The molecule has 20 heavy (non-hydrogen) atoms. The zero-order valence-electron chi connectivity index (χ0n) is 11.1. The van der Waals surface area contributed by atoms with Gasteiger partial charge in [0.2, 0.25) is 5.75 Å². The Morgan fingerprint density at radius 2 is 2.05 bits per heavy atom. The topological polar surface area (TPSA) is 98.5 Å². The third-order valence-corrected chi connectivity index (χ3v) is 2.98. The van der Waals surface area contributed by atoms with E-state index >= 15 is 0 Å². The maximum atomic E-state index is 11.6. The Hall–Kier alpha value is -1.96. The van der Waals surface area contributed by atoms with Crippen LogP contribution < -0.4 is 10.1 Å². The lowest BCUT2D eigenvalue weighted by Gasteiger charge is -2.15. The van der Waals surface area contributed by atoms with E-state index in [1.54, 1.807) is 0 Å². The van der Waals surface area contributed by atoms with E-state index in [2.05, 4.69) is 21.2 Å². The van der Waals surface area contributed by atoms with Gasteiger partial charge in [0.25, 0.3) is 5.91 Å². The molecule has 0 saturated carbocycles. The van der Waals surface area contributed by atoms with Crippen molar-refractivity contribution in [3.8, 4) is 5.75 Å². The lowest BCUT2D eigenvalue weighted by Crippen LogP contribution is -2.34. The van der Waals surface area contributed by atoms with Gasteiger partial charge in [-0.3, -0.25) is 19.7 Å². The number of nitrogens with one attached hydrogen (secondary N) is 1. The number of ether oxygens (including phenoxy) is 1. The first-order chi connectivity index (χ1) is 9.27. The Balaban J connectivity index is 3.37. The number of nitro benzene ring substituents is 1. The Kier molecular flexibility index (Phi) is 5.20. The maximum absolute atomic E-state index is 11.6. The van der Waals surface area contributed by atoms with Crippen LogP contribution in [0.15, 0.2) is 16.6 Å². The molecule has 7 nitrogen and oxygen atoms in total. The van der Waals surface area contributed by atoms with E-state index in [0.717, 1.165) is 0 Å². The van der Waals surface area contributed by atoms with E-state index in [9.17, 15) is 19.7 Å². The highest BCUT2D eigenvalue weighted by Crippen LogP contribution is 2.35. The molecule has 0 spiro atoms. The van der Waals surface area contributed by atoms with Crippen molar-refractivity contribution in [2.24, 2.45) is 0 Å². The van der Waals surface area contributed by atoms with Gasteiger partial charge in [0.15, 0.2) is 11.9 Å². The molecule has 0 saturated heterocycles. The molecule has 1 atom stereocenters. The van der Waals surface area contributed by atoms with Gasteiger partial charge in [-0.15, -0.1) is 0 Å². The molecule has 0 aliphatic carbocycles. The number of hydrogen-bond donors (Lipinski definition) is 1. The third-order valence-electron chi connectivity index (χ3n) is 2.52. The summed E-state index contributed by atoms with van der Waals surface area (Å²) in [7, 11) is 1.42. The van der Waals surface area contributed by atoms with Crippen molar-refractivity contribution in [3.05, 3.63) is 32.3 Å². The van der Waals surface area contributed by atoms with Gasteiger partial charge < -0.3 is 10.1 Å². The number of halogens is 1. The number of ketones is 1. The molecule has 0 aromatic heterocycles. The highest BCUT2D eigenvalue weighted by atomic mass is 79.9. The highest BCUT2D eigenvalue weighted by molar-refractivity contribution is 9.10. The van der Waals surface area contributed by atoms with Crippen molar-refractivity contribution in [2.75, 3.05) is 7.05 Å². The minimum atomic E-state index is -0.960. The number of rotatable bonds is 5. The molecule has 0 aliphatic heterocycles. The van der Waals surface area contributed by atoms with Crippen LogP contribution in [-0.4, -0.2) is 29.8 Å². The minimum Gasteiger partial charge on any atom is -0.473 e.